The molecule has 3 aromatic rings. The molecule has 1 aliphatic heterocycles. The van der Waals surface area contributed by atoms with Crippen LogP contribution in [0.2, 0.25) is 0 Å². The number of nitrogens with zero attached hydrogens (tertiary/aromatic N) is 5. The third kappa shape index (κ3) is 4.05. The number of anilines is 1. The first-order chi connectivity index (χ1) is 14.0. The zero-order valence-electron chi connectivity index (χ0n) is 15.8. The van der Waals surface area contributed by atoms with Crippen molar-refractivity contribution in [3.63, 3.8) is 0 Å². The summed E-state index contributed by atoms with van der Waals surface area (Å²) in [5.41, 5.74) is 0.385. The molecular weight excluding hydrogens is 423 g/mol. The third-order valence-corrected chi connectivity index (χ3v) is 6.22. The number of hydrogen-bond donors (Lipinski definition) is 1. The number of aromatic nitrogens is 3. The van der Waals surface area contributed by atoms with Crippen molar-refractivity contribution in [1.82, 2.24) is 19.1 Å². The van der Waals surface area contributed by atoms with E-state index in [1.807, 2.05) is 17.0 Å². The van der Waals surface area contributed by atoms with Gasteiger partial charge < -0.3 is 10.0 Å². The van der Waals surface area contributed by atoms with E-state index < -0.39 is 27.6 Å². The largest absolute Gasteiger partial charge is 0.493 e. The molecule has 8 nitrogen and oxygen atoms in total. The first-order valence-corrected chi connectivity index (χ1v) is 10.8. The highest BCUT2D eigenvalue weighted by molar-refractivity contribution is 7.88. The number of benzene rings is 1. The van der Waals surface area contributed by atoms with Crippen LogP contribution in [0.5, 0.6) is 5.88 Å². The minimum absolute atomic E-state index is 0.151. The van der Waals surface area contributed by atoms with Crippen LogP contribution in [0.25, 0.3) is 16.7 Å². The molecule has 0 saturated carbocycles. The number of fused-ring (bicyclic) bond motifs is 1. The van der Waals surface area contributed by atoms with E-state index in [1.165, 1.54) is 21.4 Å². The van der Waals surface area contributed by atoms with Crippen LogP contribution in [0, 0.1) is 0 Å². The summed E-state index contributed by atoms with van der Waals surface area (Å²) in [5.74, 6) is -0.898. The summed E-state index contributed by atoms with van der Waals surface area (Å²) >= 11 is 0. The highest BCUT2D eigenvalue weighted by Crippen LogP contribution is 2.32. The van der Waals surface area contributed by atoms with Gasteiger partial charge in [-0.3, -0.25) is 0 Å². The summed E-state index contributed by atoms with van der Waals surface area (Å²) in [6.07, 6.45) is -1.90. The van der Waals surface area contributed by atoms with Crippen LogP contribution < -0.4 is 4.90 Å². The highest BCUT2D eigenvalue weighted by Gasteiger charge is 2.32. The topological polar surface area (TPSA) is 91.6 Å². The Morgan fingerprint density at radius 3 is 2.40 bits per heavy atom. The molecule has 1 fully saturated rings. The summed E-state index contributed by atoms with van der Waals surface area (Å²) in [6, 6.07) is 6.77. The molecule has 1 saturated heterocycles. The Morgan fingerprint density at radius 2 is 1.77 bits per heavy atom. The standard InChI is InChI=1S/C18H18F3N5O3S/c1-30(28,29)25-6-4-24(5-7-25)14-2-3-15-12(8-14)11-26(23-15)16-9-13(18(19,20)21)10-17(27)22-16/h2-3,8-11H,4-7H2,1H3,(H,22,27). The minimum atomic E-state index is -4.62. The van der Waals surface area contributed by atoms with Crippen LogP contribution in [0.4, 0.5) is 18.9 Å². The average Bonchev–Trinajstić information content (AvgIpc) is 3.09. The van der Waals surface area contributed by atoms with Crippen molar-refractivity contribution in [2.24, 2.45) is 0 Å². The van der Waals surface area contributed by atoms with E-state index in [1.54, 1.807) is 6.07 Å². The van der Waals surface area contributed by atoms with E-state index in [-0.39, 0.29) is 5.82 Å². The normalized spacial score (nSPS) is 16.3. The number of alkyl halides is 3. The molecule has 2 aromatic heterocycles. The van der Waals surface area contributed by atoms with Crippen molar-refractivity contribution in [2.45, 2.75) is 6.18 Å². The van der Waals surface area contributed by atoms with E-state index in [0.717, 1.165) is 11.8 Å². The quantitative estimate of drug-likeness (QED) is 0.670. The van der Waals surface area contributed by atoms with Gasteiger partial charge in [0, 0.05) is 49.5 Å². The molecule has 0 aliphatic carbocycles. The van der Waals surface area contributed by atoms with Crippen molar-refractivity contribution in [3.8, 4) is 11.7 Å². The SMILES string of the molecule is CS(=O)(=O)N1CCN(c2ccc3nn(-c4cc(C(F)(F)F)cc(O)n4)cc3c2)CC1. The van der Waals surface area contributed by atoms with Crippen LogP contribution in [0.3, 0.4) is 0 Å². The molecule has 3 heterocycles. The number of piperazine rings is 1. The van der Waals surface area contributed by atoms with Crippen LogP contribution in [-0.2, 0) is 16.2 Å². The Labute approximate surface area is 170 Å². The van der Waals surface area contributed by atoms with Gasteiger partial charge in [-0.1, -0.05) is 0 Å². The van der Waals surface area contributed by atoms with Gasteiger partial charge in [-0.25, -0.2) is 13.1 Å². The van der Waals surface area contributed by atoms with Crippen molar-refractivity contribution in [3.05, 3.63) is 42.1 Å². The van der Waals surface area contributed by atoms with Gasteiger partial charge in [0.05, 0.1) is 17.3 Å². The molecule has 1 N–H and O–H groups in total. The molecule has 0 unspecified atom stereocenters. The van der Waals surface area contributed by atoms with Crippen LogP contribution in [0.1, 0.15) is 5.56 Å². The fourth-order valence-corrected chi connectivity index (χ4v) is 4.21. The second kappa shape index (κ2) is 7.13. The Morgan fingerprint density at radius 1 is 1.07 bits per heavy atom. The molecule has 1 aromatic carbocycles. The van der Waals surface area contributed by atoms with E-state index in [4.69, 9.17) is 0 Å². The molecule has 30 heavy (non-hydrogen) atoms. The van der Waals surface area contributed by atoms with Gasteiger partial charge in [0.25, 0.3) is 0 Å². The molecule has 12 heteroatoms. The lowest BCUT2D eigenvalue weighted by Crippen LogP contribution is -2.48. The van der Waals surface area contributed by atoms with E-state index >= 15 is 0 Å². The van der Waals surface area contributed by atoms with Gasteiger partial charge in [-0.05, 0) is 24.3 Å². The van der Waals surface area contributed by atoms with Gasteiger partial charge in [-0.2, -0.15) is 27.6 Å². The number of hydrogen-bond acceptors (Lipinski definition) is 6. The molecule has 0 spiro atoms. The lowest BCUT2D eigenvalue weighted by Gasteiger charge is -2.34. The number of rotatable bonds is 3. The number of pyridine rings is 1. The lowest BCUT2D eigenvalue weighted by atomic mass is 10.2. The van der Waals surface area contributed by atoms with Crippen molar-refractivity contribution < 1.29 is 26.7 Å². The van der Waals surface area contributed by atoms with Crippen LogP contribution in [-0.4, -0.2) is 65.0 Å². The van der Waals surface area contributed by atoms with Crippen LogP contribution in [0.15, 0.2) is 36.5 Å². The molecular formula is C18H18F3N5O3S. The van der Waals surface area contributed by atoms with E-state index in [2.05, 4.69) is 10.1 Å². The van der Waals surface area contributed by atoms with E-state index in [0.29, 0.717) is 43.1 Å². The second-order valence-electron chi connectivity index (χ2n) is 7.04. The van der Waals surface area contributed by atoms with Gasteiger partial charge in [0.15, 0.2) is 5.82 Å². The molecule has 0 amide bonds. The summed E-state index contributed by atoms with van der Waals surface area (Å²) in [7, 11) is -3.23. The van der Waals surface area contributed by atoms with Crippen molar-refractivity contribution >= 4 is 26.6 Å². The van der Waals surface area contributed by atoms with E-state index in [9.17, 15) is 26.7 Å². The smallest absolute Gasteiger partial charge is 0.416 e. The summed E-state index contributed by atoms with van der Waals surface area (Å²) in [4.78, 5) is 5.77. The fourth-order valence-electron chi connectivity index (χ4n) is 3.39. The Hall–Kier alpha value is -2.86. The second-order valence-corrected chi connectivity index (χ2v) is 9.02. The van der Waals surface area contributed by atoms with Gasteiger partial charge >= 0.3 is 6.18 Å². The number of aromatic hydroxyl groups is 1. The number of sulfonamides is 1. The predicted molar refractivity (Wildman–Crippen MR) is 104 cm³/mol. The van der Waals surface area contributed by atoms with Crippen molar-refractivity contribution in [2.75, 3.05) is 37.3 Å². The highest BCUT2D eigenvalue weighted by atomic mass is 32.2. The maximum absolute atomic E-state index is 13.0. The molecule has 160 valence electrons. The molecule has 4 rings (SSSR count). The first-order valence-electron chi connectivity index (χ1n) is 8.99. The van der Waals surface area contributed by atoms with Crippen LogP contribution >= 0.6 is 0 Å². The maximum atomic E-state index is 13.0. The summed E-state index contributed by atoms with van der Waals surface area (Å²) < 4.78 is 65.0. The molecule has 0 radical (unpaired) electrons. The summed E-state index contributed by atoms with van der Waals surface area (Å²) in [6.45, 7) is 1.80. The monoisotopic (exact) mass is 441 g/mol. The fraction of sp³-hybridized carbons (Fsp3) is 0.333. The summed E-state index contributed by atoms with van der Waals surface area (Å²) in [5, 5.41) is 14.5. The maximum Gasteiger partial charge on any atom is 0.416 e. The van der Waals surface area contributed by atoms with Crippen molar-refractivity contribution in [1.29, 1.82) is 0 Å². The zero-order chi connectivity index (χ0) is 21.7. The predicted octanol–water partition coefficient (Wildman–Crippen LogP) is 2.23. The first kappa shape index (κ1) is 20.4. The Bertz CT molecular complexity index is 1200. The van der Waals surface area contributed by atoms with Gasteiger partial charge in [0.2, 0.25) is 15.9 Å². The van der Waals surface area contributed by atoms with Gasteiger partial charge in [0.1, 0.15) is 0 Å². The van der Waals surface area contributed by atoms with Gasteiger partial charge in [-0.15, -0.1) is 0 Å². The Kier molecular flexibility index (Phi) is 4.85. The molecule has 0 atom stereocenters. The molecule has 1 aliphatic rings. The number of halogens is 3. The average molecular weight is 441 g/mol. The Balaban J connectivity index is 1.62. The lowest BCUT2D eigenvalue weighted by molar-refractivity contribution is -0.137. The third-order valence-electron chi connectivity index (χ3n) is 4.92. The molecule has 0 bridgehead atoms. The zero-order valence-corrected chi connectivity index (χ0v) is 16.7. The minimum Gasteiger partial charge on any atom is -0.493 e.